The van der Waals surface area contributed by atoms with Gasteiger partial charge in [-0.25, -0.2) is 4.98 Å². The summed E-state index contributed by atoms with van der Waals surface area (Å²) in [5.41, 5.74) is 2.96. The lowest BCUT2D eigenvalue weighted by molar-refractivity contribution is 0.460. The maximum atomic E-state index is 12.2. The zero-order valence-electron chi connectivity index (χ0n) is 13.3. The van der Waals surface area contributed by atoms with E-state index < -0.39 is 0 Å². The number of rotatable bonds is 2. The molecule has 2 N–H and O–H groups in total. The van der Waals surface area contributed by atoms with Crippen molar-refractivity contribution in [1.29, 1.82) is 0 Å². The third kappa shape index (κ3) is 3.21. The fourth-order valence-corrected chi connectivity index (χ4v) is 3.29. The van der Waals surface area contributed by atoms with E-state index in [1.54, 1.807) is 6.07 Å². The van der Waals surface area contributed by atoms with Crippen LogP contribution >= 0.6 is 12.4 Å². The van der Waals surface area contributed by atoms with Crippen molar-refractivity contribution in [2.24, 2.45) is 0 Å². The van der Waals surface area contributed by atoms with Gasteiger partial charge >= 0.3 is 0 Å². The van der Waals surface area contributed by atoms with Crippen molar-refractivity contribution in [3.05, 3.63) is 64.4 Å². The SMILES string of the molecule is Cl.O=c1[nH]c(-c2ccc(C3CCNCC3)cc2)nc2ccccc12. The van der Waals surface area contributed by atoms with Gasteiger partial charge in [0.05, 0.1) is 10.9 Å². The maximum Gasteiger partial charge on any atom is 0.259 e. The van der Waals surface area contributed by atoms with Crippen LogP contribution in [0.15, 0.2) is 53.3 Å². The van der Waals surface area contributed by atoms with Gasteiger partial charge in [0, 0.05) is 5.56 Å². The molecule has 2 heterocycles. The molecule has 0 amide bonds. The fourth-order valence-electron chi connectivity index (χ4n) is 3.29. The quantitative estimate of drug-likeness (QED) is 0.750. The average molecular weight is 342 g/mol. The van der Waals surface area contributed by atoms with Crippen LogP contribution in [0.2, 0.25) is 0 Å². The smallest absolute Gasteiger partial charge is 0.259 e. The summed E-state index contributed by atoms with van der Waals surface area (Å²) in [5, 5.41) is 4.02. The van der Waals surface area contributed by atoms with Crippen molar-refractivity contribution in [3.8, 4) is 11.4 Å². The molecule has 124 valence electrons. The first-order valence-electron chi connectivity index (χ1n) is 8.11. The zero-order valence-corrected chi connectivity index (χ0v) is 14.1. The van der Waals surface area contributed by atoms with Crippen molar-refractivity contribution < 1.29 is 0 Å². The number of nitrogens with one attached hydrogen (secondary N) is 2. The van der Waals surface area contributed by atoms with Gasteiger partial charge in [-0.3, -0.25) is 4.79 Å². The molecular weight excluding hydrogens is 322 g/mol. The van der Waals surface area contributed by atoms with Gasteiger partial charge in [-0.15, -0.1) is 12.4 Å². The Morgan fingerprint density at radius 3 is 2.42 bits per heavy atom. The Morgan fingerprint density at radius 1 is 0.958 bits per heavy atom. The number of H-pyrrole nitrogens is 1. The topological polar surface area (TPSA) is 57.8 Å². The number of halogens is 1. The molecule has 0 saturated carbocycles. The summed E-state index contributed by atoms with van der Waals surface area (Å²) >= 11 is 0. The zero-order chi connectivity index (χ0) is 15.6. The molecule has 2 aromatic carbocycles. The summed E-state index contributed by atoms with van der Waals surface area (Å²) in [6, 6.07) is 15.9. The molecule has 0 bridgehead atoms. The predicted molar refractivity (Wildman–Crippen MR) is 99.9 cm³/mol. The maximum absolute atomic E-state index is 12.2. The minimum absolute atomic E-state index is 0. The second-order valence-corrected chi connectivity index (χ2v) is 6.08. The Balaban J connectivity index is 0.00000169. The number of aromatic nitrogens is 2. The van der Waals surface area contributed by atoms with Crippen LogP contribution in [-0.4, -0.2) is 23.1 Å². The molecule has 1 aliphatic heterocycles. The molecule has 0 atom stereocenters. The van der Waals surface area contributed by atoms with Gasteiger partial charge in [-0.2, -0.15) is 0 Å². The lowest BCUT2D eigenvalue weighted by atomic mass is 9.90. The van der Waals surface area contributed by atoms with Crippen LogP contribution in [0.4, 0.5) is 0 Å². The number of piperidine rings is 1. The summed E-state index contributed by atoms with van der Waals surface area (Å²) in [6.07, 6.45) is 2.37. The monoisotopic (exact) mass is 341 g/mol. The van der Waals surface area contributed by atoms with Crippen molar-refractivity contribution in [3.63, 3.8) is 0 Å². The van der Waals surface area contributed by atoms with E-state index in [1.807, 2.05) is 18.2 Å². The Hall–Kier alpha value is -2.17. The van der Waals surface area contributed by atoms with Gasteiger partial charge in [-0.1, -0.05) is 36.4 Å². The minimum Gasteiger partial charge on any atom is -0.317 e. The molecule has 1 aliphatic rings. The molecule has 3 aromatic rings. The third-order valence-corrected chi connectivity index (χ3v) is 4.61. The van der Waals surface area contributed by atoms with E-state index in [4.69, 9.17) is 0 Å². The molecule has 0 radical (unpaired) electrons. The van der Waals surface area contributed by atoms with Crippen molar-refractivity contribution >= 4 is 23.3 Å². The van der Waals surface area contributed by atoms with E-state index >= 15 is 0 Å². The molecule has 4 rings (SSSR count). The summed E-state index contributed by atoms with van der Waals surface area (Å²) in [6.45, 7) is 2.18. The molecular formula is C19H20ClN3O. The number of fused-ring (bicyclic) bond motifs is 1. The Kier molecular flexibility index (Phi) is 4.97. The Labute approximate surface area is 146 Å². The van der Waals surface area contributed by atoms with E-state index in [0.717, 1.165) is 24.2 Å². The molecule has 0 aliphatic carbocycles. The second-order valence-electron chi connectivity index (χ2n) is 6.08. The lowest BCUT2D eigenvalue weighted by Gasteiger charge is -2.23. The van der Waals surface area contributed by atoms with Crippen LogP contribution in [0, 0.1) is 0 Å². The first kappa shape index (κ1) is 16.7. The molecule has 4 nitrogen and oxygen atoms in total. The highest BCUT2D eigenvalue weighted by molar-refractivity contribution is 5.85. The number of para-hydroxylation sites is 1. The predicted octanol–water partition coefficient (Wildman–Crippen LogP) is 3.48. The van der Waals surface area contributed by atoms with Crippen LogP contribution < -0.4 is 10.9 Å². The third-order valence-electron chi connectivity index (χ3n) is 4.61. The molecule has 1 aromatic heterocycles. The van der Waals surface area contributed by atoms with E-state index in [0.29, 0.717) is 17.1 Å². The van der Waals surface area contributed by atoms with Crippen LogP contribution in [0.25, 0.3) is 22.3 Å². The average Bonchev–Trinajstić information content (AvgIpc) is 2.63. The minimum atomic E-state index is -0.0898. The van der Waals surface area contributed by atoms with Crippen LogP contribution in [0.3, 0.4) is 0 Å². The number of aromatic amines is 1. The first-order valence-corrected chi connectivity index (χ1v) is 8.11. The summed E-state index contributed by atoms with van der Waals surface area (Å²) in [7, 11) is 0. The second kappa shape index (κ2) is 7.16. The van der Waals surface area contributed by atoms with Crippen molar-refractivity contribution in [1.82, 2.24) is 15.3 Å². The highest BCUT2D eigenvalue weighted by Crippen LogP contribution is 2.27. The van der Waals surface area contributed by atoms with Crippen LogP contribution in [0.1, 0.15) is 24.3 Å². The number of hydrogen-bond acceptors (Lipinski definition) is 3. The largest absolute Gasteiger partial charge is 0.317 e. The Bertz CT molecular complexity index is 883. The number of benzene rings is 2. The lowest BCUT2D eigenvalue weighted by Crippen LogP contribution is -2.26. The Morgan fingerprint density at radius 2 is 1.67 bits per heavy atom. The molecule has 0 spiro atoms. The van der Waals surface area contributed by atoms with Crippen molar-refractivity contribution in [2.45, 2.75) is 18.8 Å². The molecule has 1 saturated heterocycles. The van der Waals surface area contributed by atoms with Gasteiger partial charge < -0.3 is 10.3 Å². The van der Waals surface area contributed by atoms with E-state index in [-0.39, 0.29) is 18.0 Å². The summed E-state index contributed by atoms with van der Waals surface area (Å²) < 4.78 is 0. The van der Waals surface area contributed by atoms with Gasteiger partial charge in [-0.05, 0) is 49.5 Å². The molecule has 0 unspecified atom stereocenters. The van der Waals surface area contributed by atoms with E-state index in [1.165, 1.54) is 18.4 Å². The highest BCUT2D eigenvalue weighted by atomic mass is 35.5. The van der Waals surface area contributed by atoms with Crippen LogP contribution in [-0.2, 0) is 0 Å². The molecule has 1 fully saturated rings. The first-order chi connectivity index (χ1) is 11.3. The molecule has 5 heteroatoms. The summed E-state index contributed by atoms with van der Waals surface area (Å²) in [5.74, 6) is 1.26. The van der Waals surface area contributed by atoms with Gasteiger partial charge in [0.15, 0.2) is 0 Å². The van der Waals surface area contributed by atoms with Gasteiger partial charge in [0.25, 0.3) is 5.56 Å². The highest BCUT2D eigenvalue weighted by Gasteiger charge is 2.15. The summed E-state index contributed by atoms with van der Waals surface area (Å²) in [4.78, 5) is 19.7. The van der Waals surface area contributed by atoms with Crippen LogP contribution in [0.5, 0.6) is 0 Å². The normalized spacial score (nSPS) is 15.2. The molecule has 24 heavy (non-hydrogen) atoms. The van der Waals surface area contributed by atoms with Crippen molar-refractivity contribution in [2.75, 3.05) is 13.1 Å². The van der Waals surface area contributed by atoms with E-state index in [2.05, 4.69) is 39.6 Å². The van der Waals surface area contributed by atoms with Gasteiger partial charge in [0.1, 0.15) is 5.82 Å². The fraction of sp³-hybridized carbons (Fsp3) is 0.263. The standard InChI is InChI=1S/C19H19N3O.ClH/c23-19-16-3-1-2-4-17(16)21-18(22-19)15-7-5-13(6-8-15)14-9-11-20-12-10-14;/h1-8,14,20H,9-12H2,(H,21,22,23);1H. The van der Waals surface area contributed by atoms with Gasteiger partial charge in [0.2, 0.25) is 0 Å². The number of nitrogens with zero attached hydrogens (tertiary/aromatic N) is 1. The van der Waals surface area contributed by atoms with E-state index in [9.17, 15) is 4.79 Å². The number of hydrogen-bond donors (Lipinski definition) is 2.